The Labute approximate surface area is 108 Å². The second-order valence-corrected chi connectivity index (χ2v) is 4.50. The van der Waals surface area contributed by atoms with Gasteiger partial charge in [0, 0.05) is 18.1 Å². The van der Waals surface area contributed by atoms with Gasteiger partial charge in [-0.25, -0.2) is 15.8 Å². The minimum Gasteiger partial charge on any atom is -0.308 e. The normalized spacial score (nSPS) is 10.2. The molecule has 0 unspecified atom stereocenters. The smallest absolute Gasteiger partial charge is 0.140 e. The number of hydrogen-bond donors (Lipinski definition) is 2. The van der Waals surface area contributed by atoms with E-state index in [1.54, 1.807) is 30.7 Å². The van der Waals surface area contributed by atoms with Gasteiger partial charge in [-0.1, -0.05) is 23.4 Å². The van der Waals surface area contributed by atoms with Crippen LogP contribution in [0.25, 0.3) is 0 Å². The third-order valence-electron chi connectivity index (χ3n) is 1.96. The van der Waals surface area contributed by atoms with Gasteiger partial charge in [0.25, 0.3) is 0 Å². The van der Waals surface area contributed by atoms with Crippen LogP contribution in [0.4, 0.5) is 5.82 Å². The fourth-order valence-corrected chi connectivity index (χ4v) is 2.19. The van der Waals surface area contributed by atoms with Crippen molar-refractivity contribution in [1.82, 2.24) is 15.0 Å². The number of nitrogens with two attached hydrogens (primary N) is 1. The van der Waals surface area contributed by atoms with Crippen molar-refractivity contribution in [3.05, 3.63) is 41.4 Å². The third-order valence-corrected chi connectivity index (χ3v) is 3.23. The SMILES string of the molecule is NNc1ccc(Cl)c(CSc2cnccn2)n1. The first-order chi connectivity index (χ1) is 8.29. The van der Waals surface area contributed by atoms with E-state index >= 15 is 0 Å². The summed E-state index contributed by atoms with van der Waals surface area (Å²) in [4.78, 5) is 12.4. The maximum absolute atomic E-state index is 6.04. The van der Waals surface area contributed by atoms with E-state index in [-0.39, 0.29) is 0 Å². The molecule has 2 heterocycles. The predicted molar refractivity (Wildman–Crippen MR) is 68.7 cm³/mol. The summed E-state index contributed by atoms with van der Waals surface area (Å²) < 4.78 is 0. The Balaban J connectivity index is 2.08. The number of halogens is 1. The van der Waals surface area contributed by atoms with E-state index in [9.17, 15) is 0 Å². The Kier molecular flexibility index (Phi) is 4.13. The van der Waals surface area contributed by atoms with Crippen LogP contribution in [0.5, 0.6) is 0 Å². The Morgan fingerprint density at radius 1 is 1.35 bits per heavy atom. The summed E-state index contributed by atoms with van der Waals surface area (Å²) in [6, 6.07) is 3.48. The zero-order valence-corrected chi connectivity index (χ0v) is 10.4. The van der Waals surface area contributed by atoms with Gasteiger partial charge in [-0.2, -0.15) is 0 Å². The molecule has 0 aromatic carbocycles. The van der Waals surface area contributed by atoms with Crippen LogP contribution in [0.2, 0.25) is 5.02 Å². The minimum atomic E-state index is 0.587. The third kappa shape index (κ3) is 3.29. The second kappa shape index (κ2) is 5.81. The molecule has 0 fully saturated rings. The lowest BCUT2D eigenvalue weighted by Gasteiger charge is -2.05. The van der Waals surface area contributed by atoms with Crippen molar-refractivity contribution < 1.29 is 0 Å². The van der Waals surface area contributed by atoms with Gasteiger partial charge in [0.05, 0.1) is 16.9 Å². The van der Waals surface area contributed by atoms with E-state index in [4.69, 9.17) is 17.4 Å². The summed E-state index contributed by atoms with van der Waals surface area (Å²) in [5, 5.41) is 1.44. The van der Waals surface area contributed by atoms with Gasteiger partial charge in [0.1, 0.15) is 10.8 Å². The lowest BCUT2D eigenvalue weighted by atomic mass is 10.4. The second-order valence-electron chi connectivity index (χ2n) is 3.10. The largest absolute Gasteiger partial charge is 0.308 e. The number of anilines is 1. The van der Waals surface area contributed by atoms with Crippen molar-refractivity contribution in [1.29, 1.82) is 0 Å². The van der Waals surface area contributed by atoms with Crippen molar-refractivity contribution in [3.63, 3.8) is 0 Å². The van der Waals surface area contributed by atoms with E-state index in [0.29, 0.717) is 16.6 Å². The average Bonchev–Trinajstić information content (AvgIpc) is 2.39. The number of nitrogens with zero attached hydrogens (tertiary/aromatic N) is 3. The highest BCUT2D eigenvalue weighted by Gasteiger charge is 2.05. The summed E-state index contributed by atoms with van der Waals surface area (Å²) in [6.07, 6.45) is 4.98. The molecule has 3 N–H and O–H groups in total. The number of nitrogens with one attached hydrogen (secondary N) is 1. The van der Waals surface area contributed by atoms with Crippen LogP contribution in [0, 0.1) is 0 Å². The molecular formula is C10H10ClN5S. The first-order valence-electron chi connectivity index (χ1n) is 4.80. The maximum Gasteiger partial charge on any atom is 0.140 e. The van der Waals surface area contributed by atoms with Crippen molar-refractivity contribution in [2.24, 2.45) is 5.84 Å². The lowest BCUT2D eigenvalue weighted by Crippen LogP contribution is -2.09. The van der Waals surface area contributed by atoms with Gasteiger partial charge in [-0.3, -0.25) is 4.98 Å². The first kappa shape index (κ1) is 12.1. The van der Waals surface area contributed by atoms with Crippen molar-refractivity contribution in [3.8, 4) is 0 Å². The molecular weight excluding hydrogens is 258 g/mol. The van der Waals surface area contributed by atoms with Crippen molar-refractivity contribution >= 4 is 29.2 Å². The Bertz CT molecular complexity index is 493. The molecule has 2 aromatic rings. The van der Waals surface area contributed by atoms with Crippen LogP contribution >= 0.6 is 23.4 Å². The van der Waals surface area contributed by atoms with Crippen LogP contribution in [0.15, 0.2) is 35.7 Å². The molecule has 0 saturated carbocycles. The molecule has 88 valence electrons. The van der Waals surface area contributed by atoms with Crippen LogP contribution in [-0.4, -0.2) is 15.0 Å². The van der Waals surface area contributed by atoms with E-state index in [0.717, 1.165) is 10.7 Å². The summed E-state index contributed by atoms with van der Waals surface area (Å²) in [5.74, 6) is 6.50. The number of hydrogen-bond acceptors (Lipinski definition) is 6. The van der Waals surface area contributed by atoms with Crippen LogP contribution in [-0.2, 0) is 5.75 Å². The fraction of sp³-hybridized carbons (Fsp3) is 0.100. The molecule has 0 bridgehead atoms. The molecule has 2 rings (SSSR count). The van der Waals surface area contributed by atoms with Gasteiger partial charge in [0.15, 0.2) is 0 Å². The topological polar surface area (TPSA) is 76.7 Å². The van der Waals surface area contributed by atoms with Gasteiger partial charge >= 0.3 is 0 Å². The molecule has 5 nitrogen and oxygen atoms in total. The zero-order chi connectivity index (χ0) is 12.1. The van der Waals surface area contributed by atoms with Gasteiger partial charge in [0.2, 0.25) is 0 Å². The van der Waals surface area contributed by atoms with E-state index < -0.39 is 0 Å². The molecule has 0 spiro atoms. The van der Waals surface area contributed by atoms with Crippen LogP contribution < -0.4 is 11.3 Å². The van der Waals surface area contributed by atoms with E-state index in [1.807, 2.05) is 0 Å². The molecule has 0 aliphatic carbocycles. The van der Waals surface area contributed by atoms with E-state index in [1.165, 1.54) is 11.8 Å². The lowest BCUT2D eigenvalue weighted by molar-refractivity contribution is 1.05. The number of thioether (sulfide) groups is 1. The minimum absolute atomic E-state index is 0.587. The number of aromatic nitrogens is 3. The molecule has 0 atom stereocenters. The number of rotatable bonds is 4. The van der Waals surface area contributed by atoms with Gasteiger partial charge in [-0.15, -0.1) is 0 Å². The molecule has 0 radical (unpaired) electrons. The number of nitrogen functional groups attached to an aromatic ring is 1. The van der Waals surface area contributed by atoms with Crippen molar-refractivity contribution in [2.75, 3.05) is 5.43 Å². The molecule has 2 aromatic heterocycles. The first-order valence-corrected chi connectivity index (χ1v) is 6.17. The van der Waals surface area contributed by atoms with E-state index in [2.05, 4.69) is 20.4 Å². The standard InChI is InChI=1S/C10H10ClN5S/c11-7-1-2-9(16-12)15-8(7)6-17-10-5-13-3-4-14-10/h1-5H,6,12H2,(H,15,16). The average molecular weight is 268 g/mol. The summed E-state index contributed by atoms with van der Waals surface area (Å²) in [5.41, 5.74) is 3.25. The van der Waals surface area contributed by atoms with Crippen LogP contribution in [0.1, 0.15) is 5.69 Å². The summed E-state index contributed by atoms with van der Waals surface area (Å²) in [7, 11) is 0. The highest BCUT2D eigenvalue weighted by molar-refractivity contribution is 7.98. The molecule has 0 aliphatic rings. The molecule has 0 amide bonds. The quantitative estimate of drug-likeness (QED) is 0.502. The van der Waals surface area contributed by atoms with Gasteiger partial charge < -0.3 is 5.43 Å². The Morgan fingerprint density at radius 3 is 2.94 bits per heavy atom. The van der Waals surface area contributed by atoms with Crippen LogP contribution in [0.3, 0.4) is 0 Å². The molecule has 17 heavy (non-hydrogen) atoms. The number of pyridine rings is 1. The predicted octanol–water partition coefficient (Wildman–Crippen LogP) is 2.10. The maximum atomic E-state index is 6.04. The monoisotopic (exact) mass is 267 g/mol. The Hall–Kier alpha value is -1.37. The fourth-order valence-electron chi connectivity index (χ4n) is 1.17. The Morgan fingerprint density at radius 2 is 2.24 bits per heavy atom. The summed E-state index contributed by atoms with van der Waals surface area (Å²) in [6.45, 7) is 0. The highest BCUT2D eigenvalue weighted by atomic mass is 35.5. The van der Waals surface area contributed by atoms with Crippen molar-refractivity contribution in [2.45, 2.75) is 10.8 Å². The highest BCUT2D eigenvalue weighted by Crippen LogP contribution is 2.24. The summed E-state index contributed by atoms with van der Waals surface area (Å²) >= 11 is 7.56. The number of hydrazine groups is 1. The molecule has 7 heteroatoms. The van der Waals surface area contributed by atoms with Gasteiger partial charge in [-0.05, 0) is 12.1 Å². The zero-order valence-electron chi connectivity index (χ0n) is 8.80. The molecule has 0 aliphatic heterocycles. The molecule has 0 saturated heterocycles.